The van der Waals surface area contributed by atoms with E-state index in [9.17, 15) is 14.0 Å². The van der Waals surface area contributed by atoms with Crippen molar-refractivity contribution in [2.24, 2.45) is 0 Å². The summed E-state index contributed by atoms with van der Waals surface area (Å²) < 4.78 is 30.7. The number of hydrogen-bond donors (Lipinski definition) is 3. The van der Waals surface area contributed by atoms with Crippen molar-refractivity contribution in [2.45, 2.75) is 27.7 Å². The fourth-order valence-electron chi connectivity index (χ4n) is 1.58. The van der Waals surface area contributed by atoms with Crippen molar-refractivity contribution in [3.05, 3.63) is 28.3 Å². The first-order valence-corrected chi connectivity index (χ1v) is 8.32. The van der Waals surface area contributed by atoms with Crippen LogP contribution < -0.4 is 4.52 Å². The number of benzene rings is 1. The summed E-state index contributed by atoms with van der Waals surface area (Å²) in [5.74, 6) is 0.0942. The van der Waals surface area contributed by atoms with Gasteiger partial charge >= 0.3 is 15.6 Å². The van der Waals surface area contributed by atoms with Crippen LogP contribution in [0.1, 0.15) is 22.3 Å². The molecule has 0 spiro atoms. The van der Waals surface area contributed by atoms with Gasteiger partial charge in [0.1, 0.15) is 5.75 Å². The van der Waals surface area contributed by atoms with E-state index in [-0.39, 0.29) is 5.75 Å². The average molecular weight is 310 g/mol. The molecule has 0 saturated carbocycles. The molecule has 9 heteroatoms. The van der Waals surface area contributed by atoms with E-state index in [0.29, 0.717) is 11.1 Å². The van der Waals surface area contributed by atoms with Crippen LogP contribution in [0.5, 0.6) is 5.75 Å². The molecule has 0 amide bonds. The molecule has 0 radical (unpaired) electrons. The van der Waals surface area contributed by atoms with Crippen LogP contribution in [0.3, 0.4) is 0 Å². The highest BCUT2D eigenvalue weighted by molar-refractivity contribution is 7.60. The Labute approximate surface area is 111 Å². The molecule has 0 aromatic heterocycles. The molecule has 108 valence electrons. The zero-order valence-electron chi connectivity index (χ0n) is 10.9. The minimum Gasteiger partial charge on any atom is -0.403 e. The third-order valence-corrected chi connectivity index (χ3v) is 4.80. The summed E-state index contributed by atoms with van der Waals surface area (Å²) in [5, 5.41) is 0. The molecule has 0 fully saturated rings. The van der Waals surface area contributed by atoms with Crippen molar-refractivity contribution in [1.29, 1.82) is 0 Å². The largest absolute Gasteiger partial charge is 0.536 e. The van der Waals surface area contributed by atoms with E-state index in [4.69, 9.17) is 14.3 Å². The molecule has 1 aromatic rings. The second-order valence-electron chi connectivity index (χ2n) is 4.22. The number of rotatable bonds is 4. The Balaban J connectivity index is 3.20. The number of hydrogen-bond acceptors (Lipinski definition) is 4. The number of phosphoric ester groups is 1. The average Bonchev–Trinajstić information content (AvgIpc) is 2.18. The molecule has 1 aromatic carbocycles. The zero-order valence-corrected chi connectivity index (χ0v) is 12.7. The van der Waals surface area contributed by atoms with Crippen molar-refractivity contribution < 1.29 is 32.6 Å². The predicted molar refractivity (Wildman–Crippen MR) is 69.0 cm³/mol. The van der Waals surface area contributed by atoms with Crippen LogP contribution in [0.15, 0.2) is 6.07 Å². The van der Waals surface area contributed by atoms with Crippen molar-refractivity contribution in [3.63, 3.8) is 0 Å². The highest BCUT2D eigenvalue weighted by Gasteiger charge is 2.34. The molecule has 7 nitrogen and oxygen atoms in total. The van der Waals surface area contributed by atoms with Crippen LogP contribution in [-0.4, -0.2) is 14.7 Å². The SMILES string of the molecule is Cc1cc(C)c(C)c(OP(=O)(O)OP(=O)(O)O)c1C. The summed E-state index contributed by atoms with van der Waals surface area (Å²) in [6, 6.07) is 1.88. The first kappa shape index (κ1) is 16.4. The lowest BCUT2D eigenvalue weighted by atomic mass is 10.0. The maximum Gasteiger partial charge on any atom is 0.536 e. The van der Waals surface area contributed by atoms with Crippen molar-refractivity contribution in [3.8, 4) is 5.75 Å². The van der Waals surface area contributed by atoms with Crippen molar-refractivity contribution in [2.75, 3.05) is 0 Å². The van der Waals surface area contributed by atoms with E-state index < -0.39 is 15.6 Å². The molecule has 3 N–H and O–H groups in total. The predicted octanol–water partition coefficient (Wildman–Crippen LogP) is 2.51. The lowest BCUT2D eigenvalue weighted by molar-refractivity contribution is 0.229. The highest BCUT2D eigenvalue weighted by Crippen LogP contribution is 2.58. The number of phosphoric acid groups is 2. The zero-order chi connectivity index (χ0) is 15.0. The lowest BCUT2D eigenvalue weighted by Crippen LogP contribution is -2.01. The van der Waals surface area contributed by atoms with Gasteiger partial charge in [0.05, 0.1) is 0 Å². The Bertz CT molecular complexity index is 564. The number of aryl methyl sites for hydroxylation is 2. The Morgan fingerprint density at radius 2 is 1.37 bits per heavy atom. The van der Waals surface area contributed by atoms with Gasteiger partial charge in [0, 0.05) is 0 Å². The molecule has 1 unspecified atom stereocenters. The van der Waals surface area contributed by atoms with E-state index >= 15 is 0 Å². The Hall–Kier alpha value is -0.680. The molecule has 1 atom stereocenters. The van der Waals surface area contributed by atoms with Gasteiger partial charge in [-0.3, -0.25) is 4.89 Å². The Morgan fingerprint density at radius 3 is 1.74 bits per heavy atom. The van der Waals surface area contributed by atoms with Crippen LogP contribution in [0.25, 0.3) is 0 Å². The van der Waals surface area contributed by atoms with Gasteiger partial charge in [0.25, 0.3) is 0 Å². The normalized spacial score (nSPS) is 15.1. The summed E-state index contributed by atoms with van der Waals surface area (Å²) in [6.07, 6.45) is 0. The Kier molecular flexibility index (Phi) is 4.62. The second-order valence-corrected chi connectivity index (χ2v) is 6.98. The van der Waals surface area contributed by atoms with Crippen LogP contribution in [0.4, 0.5) is 0 Å². The van der Waals surface area contributed by atoms with E-state index in [0.717, 1.165) is 11.1 Å². The third-order valence-electron chi connectivity index (χ3n) is 2.71. The first-order valence-electron chi connectivity index (χ1n) is 5.29. The van der Waals surface area contributed by atoms with Crippen LogP contribution in [-0.2, 0) is 13.4 Å². The van der Waals surface area contributed by atoms with Crippen LogP contribution in [0, 0.1) is 27.7 Å². The van der Waals surface area contributed by atoms with Crippen molar-refractivity contribution >= 4 is 15.6 Å². The molecule has 0 aliphatic heterocycles. The Morgan fingerprint density at radius 1 is 0.947 bits per heavy atom. The molecule has 19 heavy (non-hydrogen) atoms. The summed E-state index contributed by atoms with van der Waals surface area (Å²) in [5.41, 5.74) is 2.86. The van der Waals surface area contributed by atoms with Gasteiger partial charge in [-0.2, -0.15) is 4.31 Å². The minimum absolute atomic E-state index is 0.0942. The molecular formula is C10H16O7P2. The minimum atomic E-state index is -5.12. The highest BCUT2D eigenvalue weighted by atomic mass is 31.3. The summed E-state index contributed by atoms with van der Waals surface area (Å²) in [7, 11) is -10.0. The molecule has 1 rings (SSSR count). The van der Waals surface area contributed by atoms with E-state index in [1.807, 2.05) is 6.07 Å². The standard InChI is InChI=1S/C10H16O7P2/c1-6-5-7(2)9(4)10(8(6)3)16-19(14,15)17-18(11,12)13/h5H,1-4H3,(H,14,15)(H2,11,12,13). The van der Waals surface area contributed by atoms with Gasteiger partial charge < -0.3 is 14.3 Å². The van der Waals surface area contributed by atoms with Gasteiger partial charge in [-0.1, -0.05) is 6.07 Å². The summed E-state index contributed by atoms with van der Waals surface area (Å²) in [4.78, 5) is 26.5. The molecule has 0 aliphatic rings. The lowest BCUT2D eigenvalue weighted by Gasteiger charge is -2.18. The quantitative estimate of drug-likeness (QED) is 0.732. The maximum absolute atomic E-state index is 11.5. The molecule has 0 saturated heterocycles. The monoisotopic (exact) mass is 310 g/mol. The van der Waals surface area contributed by atoms with Crippen molar-refractivity contribution in [1.82, 2.24) is 0 Å². The third kappa shape index (κ3) is 4.42. The van der Waals surface area contributed by atoms with E-state index in [1.54, 1.807) is 27.7 Å². The fourth-order valence-corrected chi connectivity index (χ4v) is 3.30. The van der Waals surface area contributed by atoms with Gasteiger partial charge in [0.2, 0.25) is 0 Å². The maximum atomic E-state index is 11.5. The van der Waals surface area contributed by atoms with Gasteiger partial charge in [-0.15, -0.1) is 0 Å². The second kappa shape index (κ2) is 5.37. The molecular weight excluding hydrogens is 294 g/mol. The smallest absolute Gasteiger partial charge is 0.403 e. The van der Waals surface area contributed by atoms with Crippen LogP contribution in [0.2, 0.25) is 0 Å². The molecule has 0 bridgehead atoms. The fraction of sp³-hybridized carbons (Fsp3) is 0.400. The van der Waals surface area contributed by atoms with Gasteiger partial charge in [0.15, 0.2) is 0 Å². The van der Waals surface area contributed by atoms with E-state index in [2.05, 4.69) is 4.31 Å². The van der Waals surface area contributed by atoms with Gasteiger partial charge in [-0.25, -0.2) is 9.13 Å². The van der Waals surface area contributed by atoms with Crippen LogP contribution >= 0.6 is 15.6 Å². The summed E-state index contributed by atoms with van der Waals surface area (Å²) in [6.45, 7) is 6.94. The molecule has 0 heterocycles. The first-order chi connectivity index (χ1) is 8.43. The topological polar surface area (TPSA) is 113 Å². The summed E-state index contributed by atoms with van der Waals surface area (Å²) >= 11 is 0. The molecule has 0 aliphatic carbocycles. The van der Waals surface area contributed by atoms with Gasteiger partial charge in [-0.05, 0) is 49.9 Å². The van der Waals surface area contributed by atoms with E-state index in [1.165, 1.54) is 0 Å².